The molecular weight excluding hydrogens is 306 g/mol. The number of para-hydroxylation sites is 2. The third-order valence-electron chi connectivity index (χ3n) is 4.00. The van der Waals surface area contributed by atoms with Crippen LogP contribution in [0.4, 0.5) is 5.69 Å². The summed E-state index contributed by atoms with van der Waals surface area (Å²) in [5, 5.41) is 2.86. The number of aromatic nitrogens is 2. The zero-order valence-electron chi connectivity index (χ0n) is 13.7. The molecule has 2 heterocycles. The number of hydrogen-bond donors (Lipinski definition) is 1. The van der Waals surface area contributed by atoms with Crippen molar-refractivity contribution in [1.29, 1.82) is 0 Å². The second kappa shape index (κ2) is 7.88. The molecule has 0 radical (unpaired) electrons. The molecule has 6 heteroatoms. The first-order valence-corrected chi connectivity index (χ1v) is 8.20. The van der Waals surface area contributed by atoms with Crippen LogP contribution in [-0.2, 0) is 4.74 Å². The lowest BCUT2D eigenvalue weighted by molar-refractivity contribution is 0.0844. The van der Waals surface area contributed by atoms with Crippen molar-refractivity contribution in [3.8, 4) is 5.75 Å². The molecule has 0 atom stereocenters. The number of nitrogens with zero attached hydrogens (tertiary/aromatic N) is 2. The van der Waals surface area contributed by atoms with Crippen molar-refractivity contribution < 1.29 is 14.3 Å². The summed E-state index contributed by atoms with van der Waals surface area (Å²) in [5.41, 5.74) is 1.89. The normalized spacial score (nSPS) is 15.0. The highest BCUT2D eigenvalue weighted by atomic mass is 16.5. The van der Waals surface area contributed by atoms with E-state index in [1.165, 1.54) is 6.33 Å². The summed E-state index contributed by atoms with van der Waals surface area (Å²) in [6.07, 6.45) is 3.30. The molecule has 2 aromatic rings. The van der Waals surface area contributed by atoms with Crippen molar-refractivity contribution in [1.82, 2.24) is 9.97 Å². The minimum atomic E-state index is -0.266. The molecule has 0 bridgehead atoms. The van der Waals surface area contributed by atoms with E-state index in [4.69, 9.17) is 9.47 Å². The predicted molar refractivity (Wildman–Crippen MR) is 90.4 cm³/mol. The van der Waals surface area contributed by atoms with Gasteiger partial charge in [0.1, 0.15) is 17.8 Å². The first-order valence-electron chi connectivity index (χ1n) is 8.20. The molecular formula is C18H21N3O3. The molecule has 0 saturated carbocycles. The summed E-state index contributed by atoms with van der Waals surface area (Å²) in [6, 6.07) is 9.13. The minimum absolute atomic E-state index is 0.266. The summed E-state index contributed by atoms with van der Waals surface area (Å²) < 4.78 is 10.9. The van der Waals surface area contributed by atoms with Gasteiger partial charge in [0.15, 0.2) is 0 Å². The standard InChI is InChI=1S/C18H21N3O3/c1-2-24-17-6-4-3-5-14(17)21-18(22)16-11-15(19-12-20-16)13-7-9-23-10-8-13/h3-6,11-13H,2,7-10H2,1H3,(H,21,22). The lowest BCUT2D eigenvalue weighted by Crippen LogP contribution is -2.18. The van der Waals surface area contributed by atoms with Gasteiger partial charge in [-0.05, 0) is 38.0 Å². The van der Waals surface area contributed by atoms with Crippen LogP contribution in [-0.4, -0.2) is 35.7 Å². The molecule has 0 spiro atoms. The SMILES string of the molecule is CCOc1ccccc1NC(=O)c1cc(C2CCOCC2)ncn1. The molecule has 24 heavy (non-hydrogen) atoms. The van der Waals surface area contributed by atoms with Crippen molar-refractivity contribution in [3.05, 3.63) is 48.0 Å². The van der Waals surface area contributed by atoms with Gasteiger partial charge in [-0.2, -0.15) is 0 Å². The first kappa shape index (κ1) is 16.4. The van der Waals surface area contributed by atoms with Crippen LogP contribution in [0.5, 0.6) is 5.75 Å². The van der Waals surface area contributed by atoms with Crippen LogP contribution in [0.3, 0.4) is 0 Å². The number of rotatable bonds is 5. The van der Waals surface area contributed by atoms with Gasteiger partial charge in [-0.3, -0.25) is 4.79 Å². The van der Waals surface area contributed by atoms with Crippen LogP contribution >= 0.6 is 0 Å². The van der Waals surface area contributed by atoms with Crippen molar-refractivity contribution in [2.75, 3.05) is 25.1 Å². The molecule has 0 aliphatic carbocycles. The van der Waals surface area contributed by atoms with Gasteiger partial charge in [0.2, 0.25) is 0 Å². The van der Waals surface area contributed by atoms with E-state index in [2.05, 4.69) is 15.3 Å². The third kappa shape index (κ3) is 3.89. The van der Waals surface area contributed by atoms with Crippen molar-refractivity contribution in [2.45, 2.75) is 25.7 Å². The predicted octanol–water partition coefficient (Wildman–Crippen LogP) is 3.02. The number of amides is 1. The molecule has 6 nitrogen and oxygen atoms in total. The zero-order chi connectivity index (χ0) is 16.8. The van der Waals surface area contributed by atoms with E-state index < -0.39 is 0 Å². The van der Waals surface area contributed by atoms with E-state index in [1.54, 1.807) is 6.07 Å². The van der Waals surface area contributed by atoms with E-state index in [1.807, 2.05) is 31.2 Å². The highest BCUT2D eigenvalue weighted by Crippen LogP contribution is 2.26. The van der Waals surface area contributed by atoms with E-state index >= 15 is 0 Å². The summed E-state index contributed by atoms with van der Waals surface area (Å²) in [7, 11) is 0. The molecule has 1 aromatic heterocycles. The Bertz CT molecular complexity index is 699. The van der Waals surface area contributed by atoms with E-state index in [0.717, 1.165) is 31.7 Å². The number of hydrogen-bond acceptors (Lipinski definition) is 5. The fraction of sp³-hybridized carbons (Fsp3) is 0.389. The Morgan fingerprint density at radius 3 is 2.88 bits per heavy atom. The maximum atomic E-state index is 12.5. The maximum Gasteiger partial charge on any atom is 0.274 e. The van der Waals surface area contributed by atoms with Gasteiger partial charge in [0.25, 0.3) is 5.91 Å². The summed E-state index contributed by atoms with van der Waals surface area (Å²) >= 11 is 0. The number of anilines is 1. The average Bonchev–Trinajstić information content (AvgIpc) is 2.64. The van der Waals surface area contributed by atoms with Crippen LogP contribution in [0.2, 0.25) is 0 Å². The van der Waals surface area contributed by atoms with E-state index in [9.17, 15) is 4.79 Å². The number of carbonyl (C=O) groups excluding carboxylic acids is 1. The van der Waals surface area contributed by atoms with Crippen molar-refractivity contribution in [2.24, 2.45) is 0 Å². The maximum absolute atomic E-state index is 12.5. The molecule has 1 fully saturated rings. The molecule has 1 aromatic carbocycles. The molecule has 126 valence electrons. The number of ether oxygens (including phenoxy) is 2. The Hall–Kier alpha value is -2.47. The van der Waals surface area contributed by atoms with Crippen LogP contribution in [0.15, 0.2) is 36.7 Å². The lowest BCUT2D eigenvalue weighted by atomic mass is 9.96. The number of benzene rings is 1. The summed E-state index contributed by atoms with van der Waals surface area (Å²) in [4.78, 5) is 21.0. The van der Waals surface area contributed by atoms with Gasteiger partial charge in [-0.1, -0.05) is 12.1 Å². The fourth-order valence-electron chi connectivity index (χ4n) is 2.75. The monoisotopic (exact) mass is 327 g/mol. The topological polar surface area (TPSA) is 73.3 Å². The quantitative estimate of drug-likeness (QED) is 0.914. The second-order valence-corrected chi connectivity index (χ2v) is 5.60. The lowest BCUT2D eigenvalue weighted by Gasteiger charge is -2.21. The largest absolute Gasteiger partial charge is 0.492 e. The Labute approximate surface area is 141 Å². The average molecular weight is 327 g/mol. The Kier molecular flexibility index (Phi) is 5.38. The van der Waals surface area contributed by atoms with Gasteiger partial charge in [0.05, 0.1) is 12.3 Å². The molecule has 1 amide bonds. The van der Waals surface area contributed by atoms with Crippen molar-refractivity contribution in [3.63, 3.8) is 0 Å². The highest BCUT2D eigenvalue weighted by molar-refractivity contribution is 6.03. The van der Waals surface area contributed by atoms with Crippen molar-refractivity contribution >= 4 is 11.6 Å². The fourth-order valence-corrected chi connectivity index (χ4v) is 2.75. The third-order valence-corrected chi connectivity index (χ3v) is 4.00. The molecule has 1 saturated heterocycles. The highest BCUT2D eigenvalue weighted by Gasteiger charge is 2.19. The molecule has 3 rings (SSSR count). The van der Waals surface area contributed by atoms with Gasteiger partial charge in [0, 0.05) is 24.8 Å². The Morgan fingerprint density at radius 1 is 1.29 bits per heavy atom. The molecule has 1 aliphatic rings. The van der Waals surface area contributed by atoms with Crippen LogP contribution in [0.25, 0.3) is 0 Å². The van der Waals surface area contributed by atoms with Crippen LogP contribution < -0.4 is 10.1 Å². The molecule has 1 aliphatic heterocycles. The smallest absolute Gasteiger partial charge is 0.274 e. The van der Waals surface area contributed by atoms with Gasteiger partial charge in [-0.15, -0.1) is 0 Å². The molecule has 0 unspecified atom stereocenters. The van der Waals surface area contributed by atoms with Gasteiger partial charge in [-0.25, -0.2) is 9.97 Å². The number of nitrogens with one attached hydrogen (secondary N) is 1. The summed E-state index contributed by atoms with van der Waals surface area (Å²) in [5.74, 6) is 0.703. The zero-order valence-corrected chi connectivity index (χ0v) is 13.7. The van der Waals surface area contributed by atoms with Gasteiger partial charge >= 0.3 is 0 Å². The first-order chi connectivity index (χ1) is 11.8. The summed E-state index contributed by atoms with van der Waals surface area (Å²) in [6.45, 7) is 3.91. The minimum Gasteiger partial charge on any atom is -0.492 e. The van der Waals surface area contributed by atoms with Gasteiger partial charge < -0.3 is 14.8 Å². The Morgan fingerprint density at radius 2 is 2.08 bits per heavy atom. The molecule has 1 N–H and O–H groups in total. The Balaban J connectivity index is 1.75. The van der Waals surface area contributed by atoms with E-state index in [-0.39, 0.29) is 5.91 Å². The van der Waals surface area contributed by atoms with E-state index in [0.29, 0.717) is 29.7 Å². The van der Waals surface area contributed by atoms with Crippen LogP contribution in [0, 0.1) is 0 Å². The number of carbonyl (C=O) groups is 1. The second-order valence-electron chi connectivity index (χ2n) is 5.60. The van der Waals surface area contributed by atoms with Crippen LogP contribution in [0.1, 0.15) is 41.9 Å².